The third-order valence-electron chi connectivity index (χ3n) is 4.81. The second-order valence-corrected chi connectivity index (χ2v) is 6.31. The van der Waals surface area contributed by atoms with E-state index < -0.39 is 0 Å². The Balaban J connectivity index is 1.53. The van der Waals surface area contributed by atoms with Crippen LogP contribution in [0.3, 0.4) is 0 Å². The monoisotopic (exact) mass is 315 g/mol. The summed E-state index contributed by atoms with van der Waals surface area (Å²) in [6, 6.07) is 4.20. The molecular weight excluding hydrogens is 290 g/mol. The number of likely N-dealkylation sites (tertiary alicyclic amines) is 1. The number of amides is 1. The minimum atomic E-state index is 0.207. The fourth-order valence-electron chi connectivity index (χ4n) is 3.34. The van der Waals surface area contributed by atoms with Crippen LogP contribution in [-0.2, 0) is 11.3 Å². The lowest BCUT2D eigenvalue weighted by atomic mass is 9.95. The number of carbonyl (C=O) groups is 1. The molecule has 1 fully saturated rings. The van der Waals surface area contributed by atoms with E-state index >= 15 is 0 Å². The number of hydrogen-bond donors (Lipinski definition) is 0. The summed E-state index contributed by atoms with van der Waals surface area (Å²) in [5.41, 5.74) is 0. The van der Waals surface area contributed by atoms with E-state index in [-0.39, 0.29) is 11.9 Å². The lowest BCUT2D eigenvalue weighted by Gasteiger charge is -2.32. The zero-order valence-electron chi connectivity index (χ0n) is 13.9. The summed E-state index contributed by atoms with van der Waals surface area (Å²) in [7, 11) is 0. The Morgan fingerprint density at radius 1 is 1.30 bits per heavy atom. The zero-order chi connectivity index (χ0) is 16.2. The van der Waals surface area contributed by atoms with E-state index in [9.17, 15) is 4.79 Å². The summed E-state index contributed by atoms with van der Waals surface area (Å²) < 4.78 is 4.20. The van der Waals surface area contributed by atoms with Crippen molar-refractivity contribution in [2.75, 3.05) is 13.1 Å². The van der Waals surface area contributed by atoms with Crippen molar-refractivity contribution in [1.29, 1.82) is 0 Å². The lowest BCUT2D eigenvalue weighted by Crippen LogP contribution is -2.39. The van der Waals surface area contributed by atoms with Gasteiger partial charge in [-0.2, -0.15) is 0 Å². The fourth-order valence-corrected chi connectivity index (χ4v) is 3.34. The molecule has 2 aromatic heterocycles. The van der Waals surface area contributed by atoms with Crippen molar-refractivity contribution < 1.29 is 4.79 Å². The predicted molar refractivity (Wildman–Crippen MR) is 88.0 cm³/mol. The maximum atomic E-state index is 12.5. The van der Waals surface area contributed by atoms with Gasteiger partial charge in [-0.05, 0) is 38.8 Å². The molecule has 2 aromatic rings. The van der Waals surface area contributed by atoms with Gasteiger partial charge in [0, 0.05) is 50.4 Å². The van der Waals surface area contributed by atoms with Crippen LogP contribution in [0.25, 0.3) is 0 Å². The molecule has 3 heterocycles. The van der Waals surface area contributed by atoms with Gasteiger partial charge in [-0.15, -0.1) is 10.2 Å². The van der Waals surface area contributed by atoms with Gasteiger partial charge >= 0.3 is 0 Å². The van der Waals surface area contributed by atoms with Crippen molar-refractivity contribution in [3.8, 4) is 0 Å². The van der Waals surface area contributed by atoms with Crippen molar-refractivity contribution in [2.24, 2.45) is 0 Å². The van der Waals surface area contributed by atoms with Gasteiger partial charge in [-0.1, -0.05) is 0 Å². The first-order valence-corrected chi connectivity index (χ1v) is 8.47. The largest absolute Gasteiger partial charge is 0.351 e. The molecular formula is C17H25N5O. The molecule has 1 saturated heterocycles. The smallest absolute Gasteiger partial charge is 0.224 e. The van der Waals surface area contributed by atoms with Crippen LogP contribution in [0.4, 0.5) is 0 Å². The van der Waals surface area contributed by atoms with Crippen LogP contribution in [0.2, 0.25) is 0 Å². The van der Waals surface area contributed by atoms with Gasteiger partial charge in [0.1, 0.15) is 12.2 Å². The minimum absolute atomic E-state index is 0.207. The molecule has 1 atom stereocenters. The van der Waals surface area contributed by atoms with Gasteiger partial charge in [-0.25, -0.2) is 0 Å². The second kappa shape index (κ2) is 6.98. The molecule has 0 aromatic carbocycles. The molecule has 0 bridgehead atoms. The zero-order valence-corrected chi connectivity index (χ0v) is 13.9. The third-order valence-corrected chi connectivity index (χ3v) is 4.81. The number of nitrogens with zero attached hydrogens (tertiary/aromatic N) is 5. The molecule has 0 N–H and O–H groups in total. The number of piperidine rings is 1. The van der Waals surface area contributed by atoms with E-state index in [1.165, 1.54) is 0 Å². The first kappa shape index (κ1) is 15.8. The van der Waals surface area contributed by atoms with Crippen LogP contribution in [0.5, 0.6) is 0 Å². The molecule has 0 spiro atoms. The van der Waals surface area contributed by atoms with E-state index in [1.54, 1.807) is 6.33 Å². The van der Waals surface area contributed by atoms with E-state index in [2.05, 4.69) is 33.2 Å². The average molecular weight is 315 g/mol. The SMILES string of the molecule is CCn1cnnc1C1CCN(C(=O)C[C@H](C)n2cccc2)CC1. The highest BCUT2D eigenvalue weighted by molar-refractivity contribution is 5.76. The summed E-state index contributed by atoms with van der Waals surface area (Å²) in [6.07, 6.45) is 8.34. The molecule has 1 aliphatic rings. The van der Waals surface area contributed by atoms with Gasteiger partial charge in [0.2, 0.25) is 5.91 Å². The number of rotatable bonds is 5. The first-order valence-electron chi connectivity index (χ1n) is 8.47. The molecule has 0 saturated carbocycles. The number of hydrogen-bond acceptors (Lipinski definition) is 3. The maximum Gasteiger partial charge on any atom is 0.224 e. The molecule has 0 unspecified atom stereocenters. The summed E-state index contributed by atoms with van der Waals surface area (Å²) in [4.78, 5) is 14.5. The summed E-state index contributed by atoms with van der Waals surface area (Å²) in [5, 5.41) is 8.29. The standard InChI is InChI=1S/C17H25N5O/c1-3-20-13-18-19-17(20)15-6-10-22(11-7-15)16(23)12-14(2)21-8-4-5-9-21/h4-5,8-9,13-15H,3,6-7,10-12H2,1-2H3/t14-/m0/s1. The highest BCUT2D eigenvalue weighted by atomic mass is 16.2. The Morgan fingerprint density at radius 3 is 2.65 bits per heavy atom. The highest BCUT2D eigenvalue weighted by Crippen LogP contribution is 2.27. The number of aromatic nitrogens is 4. The Bertz CT molecular complexity index is 625. The third kappa shape index (κ3) is 3.46. The van der Waals surface area contributed by atoms with Crippen molar-refractivity contribution in [2.45, 2.75) is 51.6 Å². The number of aryl methyl sites for hydroxylation is 1. The predicted octanol–water partition coefficient (Wildman–Crippen LogP) is 2.46. The van der Waals surface area contributed by atoms with E-state index in [0.29, 0.717) is 12.3 Å². The Labute approximate surface area is 137 Å². The van der Waals surface area contributed by atoms with Crippen LogP contribution in [0.15, 0.2) is 30.9 Å². The average Bonchev–Trinajstić information content (AvgIpc) is 3.26. The molecule has 6 heteroatoms. The van der Waals surface area contributed by atoms with Gasteiger partial charge < -0.3 is 14.0 Å². The summed E-state index contributed by atoms with van der Waals surface area (Å²) in [6.45, 7) is 6.73. The normalized spacial score (nSPS) is 17.4. The van der Waals surface area contributed by atoms with Gasteiger partial charge in [0.15, 0.2) is 0 Å². The lowest BCUT2D eigenvalue weighted by molar-refractivity contribution is -0.133. The van der Waals surface area contributed by atoms with Crippen LogP contribution < -0.4 is 0 Å². The Morgan fingerprint density at radius 2 is 2.00 bits per heavy atom. The van der Waals surface area contributed by atoms with Gasteiger partial charge in [0.25, 0.3) is 0 Å². The quantitative estimate of drug-likeness (QED) is 0.851. The Hall–Kier alpha value is -2.11. The van der Waals surface area contributed by atoms with Crippen molar-refractivity contribution in [1.82, 2.24) is 24.2 Å². The molecule has 0 radical (unpaired) electrons. The van der Waals surface area contributed by atoms with E-state index in [0.717, 1.165) is 38.3 Å². The van der Waals surface area contributed by atoms with Crippen molar-refractivity contribution in [3.63, 3.8) is 0 Å². The van der Waals surface area contributed by atoms with E-state index in [1.807, 2.05) is 29.4 Å². The molecule has 124 valence electrons. The van der Waals surface area contributed by atoms with E-state index in [4.69, 9.17) is 0 Å². The Kier molecular flexibility index (Phi) is 4.79. The number of carbonyl (C=O) groups excluding carboxylic acids is 1. The summed E-state index contributed by atoms with van der Waals surface area (Å²) >= 11 is 0. The second-order valence-electron chi connectivity index (χ2n) is 6.31. The molecule has 0 aliphatic carbocycles. The first-order chi connectivity index (χ1) is 11.2. The van der Waals surface area contributed by atoms with Crippen molar-refractivity contribution in [3.05, 3.63) is 36.7 Å². The molecule has 23 heavy (non-hydrogen) atoms. The fraction of sp³-hybridized carbons (Fsp3) is 0.588. The van der Waals surface area contributed by atoms with Gasteiger partial charge in [-0.3, -0.25) is 4.79 Å². The maximum absolute atomic E-state index is 12.5. The molecule has 1 amide bonds. The minimum Gasteiger partial charge on any atom is -0.351 e. The summed E-state index contributed by atoms with van der Waals surface area (Å²) in [5.74, 6) is 1.74. The molecule has 1 aliphatic heterocycles. The van der Waals surface area contributed by atoms with Gasteiger partial charge in [0.05, 0.1) is 0 Å². The van der Waals surface area contributed by atoms with Crippen LogP contribution in [0.1, 0.15) is 50.9 Å². The highest BCUT2D eigenvalue weighted by Gasteiger charge is 2.27. The van der Waals surface area contributed by atoms with Crippen LogP contribution in [-0.4, -0.2) is 43.2 Å². The van der Waals surface area contributed by atoms with Crippen LogP contribution >= 0.6 is 0 Å². The van der Waals surface area contributed by atoms with Crippen LogP contribution in [0, 0.1) is 0 Å². The molecule has 6 nitrogen and oxygen atoms in total. The molecule has 3 rings (SSSR count). The topological polar surface area (TPSA) is 56.0 Å². The van der Waals surface area contributed by atoms with Crippen molar-refractivity contribution >= 4 is 5.91 Å².